The van der Waals surface area contributed by atoms with E-state index in [-0.39, 0.29) is 6.03 Å². The van der Waals surface area contributed by atoms with Gasteiger partial charge in [0.2, 0.25) is 0 Å². The number of hydrogen-bond donors (Lipinski definition) is 1. The van der Waals surface area contributed by atoms with Gasteiger partial charge >= 0.3 is 6.03 Å². The summed E-state index contributed by atoms with van der Waals surface area (Å²) in [6.45, 7) is 3.30. The Morgan fingerprint density at radius 1 is 1.19 bits per heavy atom. The average molecular weight is 283 g/mol. The zero-order valence-corrected chi connectivity index (χ0v) is 12.5. The second-order valence-electron chi connectivity index (χ2n) is 5.11. The number of aryl methyl sites for hydroxylation is 1. The lowest BCUT2D eigenvalue weighted by Gasteiger charge is -2.18. The number of benzene rings is 1. The standard InChI is InChI=1S/C17H21N3O/c1-14-5-3-4-6-16(14)13-19-17(21)20(2)12-9-15-7-10-18-11-8-15/h3-8,10-11H,9,12-13H2,1-2H3,(H,19,21). The van der Waals surface area contributed by atoms with Crippen LogP contribution in [0.25, 0.3) is 0 Å². The molecule has 0 aliphatic rings. The molecular weight excluding hydrogens is 262 g/mol. The Labute approximate surface area is 125 Å². The third kappa shape index (κ3) is 4.60. The molecule has 1 aromatic heterocycles. The molecule has 1 N–H and O–H groups in total. The van der Waals surface area contributed by atoms with Gasteiger partial charge in [-0.05, 0) is 42.2 Å². The Kier molecular flexibility index (Phi) is 5.32. The molecule has 0 aliphatic carbocycles. The molecule has 4 nitrogen and oxygen atoms in total. The van der Waals surface area contributed by atoms with Crippen LogP contribution in [-0.2, 0) is 13.0 Å². The monoisotopic (exact) mass is 283 g/mol. The largest absolute Gasteiger partial charge is 0.334 e. The van der Waals surface area contributed by atoms with Crippen molar-refractivity contribution in [3.8, 4) is 0 Å². The number of pyridine rings is 1. The van der Waals surface area contributed by atoms with E-state index in [1.54, 1.807) is 17.3 Å². The van der Waals surface area contributed by atoms with Crippen LogP contribution in [0.2, 0.25) is 0 Å². The first-order valence-corrected chi connectivity index (χ1v) is 7.09. The number of aromatic nitrogens is 1. The quantitative estimate of drug-likeness (QED) is 0.917. The van der Waals surface area contributed by atoms with Gasteiger partial charge in [0.15, 0.2) is 0 Å². The van der Waals surface area contributed by atoms with E-state index in [0.29, 0.717) is 13.1 Å². The first-order valence-electron chi connectivity index (χ1n) is 7.09. The molecule has 2 rings (SSSR count). The van der Waals surface area contributed by atoms with Crippen molar-refractivity contribution < 1.29 is 4.79 Å². The van der Waals surface area contributed by atoms with Crippen molar-refractivity contribution in [2.45, 2.75) is 19.9 Å². The molecule has 0 fully saturated rings. The van der Waals surface area contributed by atoms with Crippen LogP contribution in [0.5, 0.6) is 0 Å². The van der Waals surface area contributed by atoms with E-state index >= 15 is 0 Å². The maximum atomic E-state index is 12.1. The molecule has 4 heteroatoms. The third-order valence-corrected chi connectivity index (χ3v) is 3.52. The van der Waals surface area contributed by atoms with Crippen LogP contribution in [-0.4, -0.2) is 29.5 Å². The summed E-state index contributed by atoms with van der Waals surface area (Å²) in [6, 6.07) is 12.0. The van der Waals surface area contributed by atoms with E-state index in [1.165, 1.54) is 11.1 Å². The van der Waals surface area contributed by atoms with E-state index < -0.39 is 0 Å². The summed E-state index contributed by atoms with van der Waals surface area (Å²) in [5.41, 5.74) is 3.52. The minimum absolute atomic E-state index is 0.0488. The summed E-state index contributed by atoms with van der Waals surface area (Å²) in [4.78, 5) is 17.7. The molecule has 0 atom stereocenters. The first-order chi connectivity index (χ1) is 10.2. The fraction of sp³-hybridized carbons (Fsp3) is 0.294. The molecule has 0 bridgehead atoms. The van der Waals surface area contributed by atoms with Crippen LogP contribution in [0.3, 0.4) is 0 Å². The predicted molar refractivity (Wildman–Crippen MR) is 84.0 cm³/mol. The lowest BCUT2D eigenvalue weighted by Crippen LogP contribution is -2.38. The van der Waals surface area contributed by atoms with Gasteiger partial charge < -0.3 is 10.2 Å². The molecule has 2 amide bonds. The second kappa shape index (κ2) is 7.43. The highest BCUT2D eigenvalue weighted by molar-refractivity contribution is 5.73. The Hall–Kier alpha value is -2.36. The normalized spacial score (nSPS) is 10.2. The Bertz CT molecular complexity index is 584. The molecule has 1 heterocycles. The highest BCUT2D eigenvalue weighted by Gasteiger charge is 2.08. The van der Waals surface area contributed by atoms with Crippen LogP contribution in [0, 0.1) is 6.92 Å². The van der Waals surface area contributed by atoms with Gasteiger partial charge in [-0.15, -0.1) is 0 Å². The number of nitrogens with one attached hydrogen (secondary N) is 1. The van der Waals surface area contributed by atoms with Gasteiger partial charge in [-0.25, -0.2) is 4.79 Å². The van der Waals surface area contributed by atoms with Gasteiger partial charge in [-0.3, -0.25) is 4.98 Å². The van der Waals surface area contributed by atoms with Gasteiger partial charge in [0.05, 0.1) is 0 Å². The maximum absolute atomic E-state index is 12.1. The van der Waals surface area contributed by atoms with Crippen molar-refractivity contribution in [1.29, 1.82) is 0 Å². The summed E-state index contributed by atoms with van der Waals surface area (Å²) in [7, 11) is 1.81. The number of rotatable bonds is 5. The van der Waals surface area contributed by atoms with E-state index in [4.69, 9.17) is 0 Å². The van der Waals surface area contributed by atoms with Crippen LogP contribution in [0.15, 0.2) is 48.8 Å². The molecule has 0 saturated heterocycles. The average Bonchev–Trinajstić information content (AvgIpc) is 2.52. The Balaban J connectivity index is 1.79. The molecule has 0 unspecified atom stereocenters. The number of carbonyl (C=O) groups is 1. The zero-order valence-electron chi connectivity index (χ0n) is 12.5. The molecule has 0 aliphatic heterocycles. The summed E-state index contributed by atoms with van der Waals surface area (Å²) >= 11 is 0. The van der Waals surface area contributed by atoms with Crippen LogP contribution >= 0.6 is 0 Å². The number of amides is 2. The molecule has 2 aromatic rings. The fourth-order valence-electron chi connectivity index (χ4n) is 2.06. The van der Waals surface area contributed by atoms with Crippen molar-refractivity contribution in [3.05, 3.63) is 65.5 Å². The molecular formula is C17H21N3O. The first kappa shape index (κ1) is 15.0. The van der Waals surface area contributed by atoms with Crippen LogP contribution in [0.1, 0.15) is 16.7 Å². The highest BCUT2D eigenvalue weighted by atomic mass is 16.2. The minimum Gasteiger partial charge on any atom is -0.334 e. The van der Waals surface area contributed by atoms with Gasteiger partial charge in [0, 0.05) is 32.5 Å². The van der Waals surface area contributed by atoms with E-state index in [2.05, 4.69) is 23.3 Å². The maximum Gasteiger partial charge on any atom is 0.317 e. The van der Waals surface area contributed by atoms with Crippen molar-refractivity contribution >= 4 is 6.03 Å². The zero-order chi connectivity index (χ0) is 15.1. The SMILES string of the molecule is Cc1ccccc1CNC(=O)N(C)CCc1ccncc1. The number of nitrogens with zero attached hydrogens (tertiary/aromatic N) is 2. The fourth-order valence-corrected chi connectivity index (χ4v) is 2.06. The number of urea groups is 1. The molecule has 0 saturated carbocycles. The third-order valence-electron chi connectivity index (χ3n) is 3.52. The topological polar surface area (TPSA) is 45.2 Å². The Morgan fingerprint density at radius 2 is 1.90 bits per heavy atom. The van der Waals surface area contributed by atoms with Crippen molar-refractivity contribution in [2.24, 2.45) is 0 Å². The second-order valence-corrected chi connectivity index (χ2v) is 5.11. The lowest BCUT2D eigenvalue weighted by atomic mass is 10.1. The van der Waals surface area contributed by atoms with E-state index in [9.17, 15) is 4.79 Å². The van der Waals surface area contributed by atoms with Gasteiger partial charge in [-0.1, -0.05) is 24.3 Å². The Morgan fingerprint density at radius 3 is 2.62 bits per heavy atom. The lowest BCUT2D eigenvalue weighted by molar-refractivity contribution is 0.209. The predicted octanol–water partition coefficient (Wildman–Crippen LogP) is 2.77. The smallest absolute Gasteiger partial charge is 0.317 e. The minimum atomic E-state index is -0.0488. The number of hydrogen-bond acceptors (Lipinski definition) is 2. The summed E-state index contributed by atoms with van der Waals surface area (Å²) in [6.07, 6.45) is 4.37. The molecule has 110 valence electrons. The van der Waals surface area contributed by atoms with Crippen molar-refractivity contribution in [1.82, 2.24) is 15.2 Å². The van der Waals surface area contributed by atoms with Crippen LogP contribution < -0.4 is 5.32 Å². The van der Waals surface area contributed by atoms with Crippen LogP contribution in [0.4, 0.5) is 4.79 Å². The molecule has 1 aromatic carbocycles. The highest BCUT2D eigenvalue weighted by Crippen LogP contribution is 2.06. The number of carbonyl (C=O) groups excluding carboxylic acids is 1. The van der Waals surface area contributed by atoms with Crippen molar-refractivity contribution in [2.75, 3.05) is 13.6 Å². The van der Waals surface area contributed by atoms with Gasteiger partial charge in [0.1, 0.15) is 0 Å². The molecule has 21 heavy (non-hydrogen) atoms. The van der Waals surface area contributed by atoms with Gasteiger partial charge in [-0.2, -0.15) is 0 Å². The van der Waals surface area contributed by atoms with E-state index in [1.807, 2.05) is 37.4 Å². The van der Waals surface area contributed by atoms with Crippen molar-refractivity contribution in [3.63, 3.8) is 0 Å². The molecule has 0 radical (unpaired) electrons. The molecule has 0 spiro atoms. The summed E-state index contributed by atoms with van der Waals surface area (Å²) < 4.78 is 0. The number of likely N-dealkylation sites (N-methyl/N-ethyl adjacent to an activating group) is 1. The van der Waals surface area contributed by atoms with E-state index in [0.717, 1.165) is 12.0 Å². The summed E-state index contributed by atoms with van der Waals surface area (Å²) in [5, 5.41) is 2.95. The summed E-state index contributed by atoms with van der Waals surface area (Å²) in [5.74, 6) is 0. The van der Waals surface area contributed by atoms with Gasteiger partial charge in [0.25, 0.3) is 0 Å².